The topological polar surface area (TPSA) is 46.2 Å². The van der Waals surface area contributed by atoms with Crippen molar-refractivity contribution in [2.24, 2.45) is 0 Å². The third-order valence-electron chi connectivity index (χ3n) is 2.68. The van der Waals surface area contributed by atoms with Gasteiger partial charge in [-0.05, 0) is 17.9 Å². The van der Waals surface area contributed by atoms with Crippen molar-refractivity contribution in [1.29, 1.82) is 0 Å². The third-order valence-corrected chi connectivity index (χ3v) is 4.43. The second-order valence-electron chi connectivity index (χ2n) is 3.93. The maximum Gasteiger partial charge on any atom is 0.241 e. The van der Waals surface area contributed by atoms with Crippen molar-refractivity contribution in [2.75, 3.05) is 6.54 Å². The van der Waals surface area contributed by atoms with Gasteiger partial charge < -0.3 is 0 Å². The van der Waals surface area contributed by atoms with Gasteiger partial charge in [0.15, 0.2) is 0 Å². The Kier molecular flexibility index (Phi) is 3.17. The van der Waals surface area contributed by atoms with Gasteiger partial charge in [0.05, 0.1) is 4.90 Å². The number of rotatable bonds is 3. The zero-order valence-electron chi connectivity index (χ0n) is 9.90. The molecule has 0 radical (unpaired) electrons. The van der Waals surface area contributed by atoms with Crippen LogP contribution in [-0.4, -0.2) is 15.0 Å². The lowest BCUT2D eigenvalue weighted by Crippen LogP contribution is -2.24. The lowest BCUT2D eigenvalue weighted by atomic mass is 10.1. The summed E-state index contributed by atoms with van der Waals surface area (Å²) in [5.41, 5.74) is 0.768. The van der Waals surface area contributed by atoms with E-state index in [9.17, 15) is 8.42 Å². The van der Waals surface area contributed by atoms with E-state index in [0.717, 1.165) is 16.3 Å². The van der Waals surface area contributed by atoms with E-state index in [1.807, 2.05) is 43.3 Å². The number of nitrogens with one attached hydrogen (secondary N) is 1. The first-order chi connectivity index (χ1) is 8.06. The highest BCUT2D eigenvalue weighted by molar-refractivity contribution is 7.89. The molecule has 0 aliphatic rings. The maximum atomic E-state index is 12.2. The molecule has 2 aromatic carbocycles. The van der Waals surface area contributed by atoms with E-state index in [1.165, 1.54) is 0 Å². The molecule has 0 bridgehead atoms. The molecule has 0 amide bonds. The number of hydrogen-bond acceptors (Lipinski definition) is 2. The number of hydrogen-bond donors (Lipinski definition) is 1. The average molecular weight is 249 g/mol. The van der Waals surface area contributed by atoms with Gasteiger partial charge in [-0.1, -0.05) is 43.3 Å². The molecule has 0 spiro atoms. The Morgan fingerprint density at radius 2 is 1.82 bits per heavy atom. The molecule has 0 aliphatic heterocycles. The van der Waals surface area contributed by atoms with E-state index in [0.29, 0.717) is 11.4 Å². The summed E-state index contributed by atoms with van der Waals surface area (Å²) in [7, 11) is -3.42. The highest BCUT2D eigenvalue weighted by Gasteiger charge is 2.18. The zero-order valence-corrected chi connectivity index (χ0v) is 10.7. The zero-order chi connectivity index (χ0) is 12.5. The third kappa shape index (κ3) is 2.18. The Balaban J connectivity index is 2.80. The predicted molar refractivity (Wildman–Crippen MR) is 69.5 cm³/mol. The summed E-state index contributed by atoms with van der Waals surface area (Å²) in [5.74, 6) is 0. The molecule has 17 heavy (non-hydrogen) atoms. The van der Waals surface area contributed by atoms with Crippen LogP contribution in [0.25, 0.3) is 10.8 Å². The normalized spacial score (nSPS) is 11.9. The minimum absolute atomic E-state index is 0.387. The van der Waals surface area contributed by atoms with Gasteiger partial charge in [-0.2, -0.15) is 0 Å². The van der Waals surface area contributed by atoms with Gasteiger partial charge in [-0.3, -0.25) is 0 Å². The molecule has 4 heteroatoms. The van der Waals surface area contributed by atoms with E-state index in [4.69, 9.17) is 0 Å². The molecule has 90 valence electrons. The molecular weight excluding hydrogens is 234 g/mol. The number of sulfonamides is 1. The molecule has 1 N–H and O–H groups in total. The smallest absolute Gasteiger partial charge is 0.211 e. The van der Waals surface area contributed by atoms with Crippen LogP contribution in [0.1, 0.15) is 12.5 Å². The van der Waals surface area contributed by atoms with E-state index >= 15 is 0 Å². The van der Waals surface area contributed by atoms with E-state index in [-0.39, 0.29) is 0 Å². The SMILES string of the molecule is CCNS(=O)(=O)c1c(C)ccc2ccccc12. The molecule has 0 heterocycles. The van der Waals surface area contributed by atoms with Crippen LogP contribution in [0.4, 0.5) is 0 Å². The molecule has 0 aromatic heterocycles. The highest BCUT2D eigenvalue weighted by atomic mass is 32.2. The first-order valence-corrected chi connectivity index (χ1v) is 7.02. The fraction of sp³-hybridized carbons (Fsp3) is 0.231. The van der Waals surface area contributed by atoms with Crippen molar-refractivity contribution in [3.63, 3.8) is 0 Å². The first kappa shape index (κ1) is 12.1. The summed E-state index contributed by atoms with van der Waals surface area (Å²) in [6, 6.07) is 11.3. The predicted octanol–water partition coefficient (Wildman–Crippen LogP) is 2.45. The molecular formula is C13H15NO2S. The van der Waals surface area contributed by atoms with Crippen molar-refractivity contribution in [2.45, 2.75) is 18.7 Å². The minimum Gasteiger partial charge on any atom is -0.211 e. The fourth-order valence-electron chi connectivity index (χ4n) is 1.97. The van der Waals surface area contributed by atoms with Crippen LogP contribution in [0.2, 0.25) is 0 Å². The summed E-state index contributed by atoms with van der Waals surface area (Å²) in [5, 5.41) is 1.71. The molecule has 0 saturated carbocycles. The lowest BCUT2D eigenvalue weighted by Gasteiger charge is -2.11. The van der Waals surface area contributed by atoms with Gasteiger partial charge in [0, 0.05) is 11.9 Å². The summed E-state index contributed by atoms with van der Waals surface area (Å²) >= 11 is 0. The standard InChI is InChI=1S/C13H15NO2S/c1-3-14-17(15,16)13-10(2)8-9-11-6-4-5-7-12(11)13/h4-9,14H,3H2,1-2H3. The van der Waals surface area contributed by atoms with Gasteiger partial charge in [-0.15, -0.1) is 0 Å². The quantitative estimate of drug-likeness (QED) is 0.908. The van der Waals surface area contributed by atoms with Gasteiger partial charge in [0.25, 0.3) is 0 Å². The monoisotopic (exact) mass is 249 g/mol. The Bertz CT molecular complexity index is 648. The lowest BCUT2D eigenvalue weighted by molar-refractivity contribution is 0.584. The molecule has 2 rings (SSSR count). The Hall–Kier alpha value is -1.39. The van der Waals surface area contributed by atoms with Crippen LogP contribution in [0, 0.1) is 6.92 Å². The number of benzene rings is 2. The van der Waals surface area contributed by atoms with Crippen LogP contribution in [-0.2, 0) is 10.0 Å². The molecule has 0 unspecified atom stereocenters. The van der Waals surface area contributed by atoms with Crippen molar-refractivity contribution in [3.05, 3.63) is 42.0 Å². The molecule has 0 aliphatic carbocycles. The summed E-state index contributed by atoms with van der Waals surface area (Å²) in [6.07, 6.45) is 0. The number of fused-ring (bicyclic) bond motifs is 1. The molecule has 0 atom stereocenters. The summed E-state index contributed by atoms with van der Waals surface area (Å²) < 4.78 is 26.9. The Morgan fingerprint density at radius 1 is 1.12 bits per heavy atom. The molecule has 0 saturated heterocycles. The van der Waals surface area contributed by atoms with Crippen LogP contribution in [0.5, 0.6) is 0 Å². The van der Waals surface area contributed by atoms with Gasteiger partial charge in [0.2, 0.25) is 10.0 Å². The van der Waals surface area contributed by atoms with Crippen LogP contribution in [0.15, 0.2) is 41.3 Å². The average Bonchev–Trinajstić information content (AvgIpc) is 2.28. The molecule has 2 aromatic rings. The van der Waals surface area contributed by atoms with Crippen molar-refractivity contribution in [3.8, 4) is 0 Å². The largest absolute Gasteiger partial charge is 0.241 e. The first-order valence-electron chi connectivity index (χ1n) is 5.54. The molecule has 3 nitrogen and oxygen atoms in total. The van der Waals surface area contributed by atoms with Crippen LogP contribution < -0.4 is 4.72 Å². The van der Waals surface area contributed by atoms with Crippen LogP contribution >= 0.6 is 0 Å². The van der Waals surface area contributed by atoms with E-state index in [1.54, 1.807) is 6.92 Å². The van der Waals surface area contributed by atoms with Gasteiger partial charge in [-0.25, -0.2) is 13.1 Å². The van der Waals surface area contributed by atoms with Gasteiger partial charge >= 0.3 is 0 Å². The second kappa shape index (κ2) is 4.47. The molecule has 0 fully saturated rings. The Labute approximate surface area is 102 Å². The fourth-order valence-corrected chi connectivity index (χ4v) is 3.46. The van der Waals surface area contributed by atoms with Crippen molar-refractivity contribution >= 4 is 20.8 Å². The van der Waals surface area contributed by atoms with E-state index < -0.39 is 10.0 Å². The van der Waals surface area contributed by atoms with E-state index in [2.05, 4.69) is 4.72 Å². The van der Waals surface area contributed by atoms with Crippen LogP contribution in [0.3, 0.4) is 0 Å². The van der Waals surface area contributed by atoms with Gasteiger partial charge in [0.1, 0.15) is 0 Å². The van der Waals surface area contributed by atoms with Crippen molar-refractivity contribution < 1.29 is 8.42 Å². The minimum atomic E-state index is -3.42. The summed E-state index contributed by atoms with van der Waals surface area (Å²) in [6.45, 7) is 3.99. The van der Waals surface area contributed by atoms with Crippen molar-refractivity contribution in [1.82, 2.24) is 4.72 Å². The number of aryl methyl sites for hydroxylation is 1. The second-order valence-corrected chi connectivity index (χ2v) is 5.64. The summed E-state index contributed by atoms with van der Waals surface area (Å²) in [4.78, 5) is 0.387. The highest BCUT2D eigenvalue weighted by Crippen LogP contribution is 2.26. The Morgan fingerprint density at radius 3 is 2.53 bits per heavy atom. The maximum absolute atomic E-state index is 12.2.